The summed E-state index contributed by atoms with van der Waals surface area (Å²) in [5.74, 6) is 0. The Bertz CT molecular complexity index is 1430. The van der Waals surface area contributed by atoms with E-state index >= 15 is 0 Å². The first kappa shape index (κ1) is 26.2. The van der Waals surface area contributed by atoms with Crippen LogP contribution >= 0.6 is 0 Å². The lowest BCUT2D eigenvalue weighted by atomic mass is 10.0. The van der Waals surface area contributed by atoms with E-state index in [0.29, 0.717) is 0 Å². The predicted molar refractivity (Wildman–Crippen MR) is 161 cm³/mol. The van der Waals surface area contributed by atoms with Crippen LogP contribution in [-0.2, 0) is 0 Å². The third-order valence-corrected chi connectivity index (χ3v) is 7.82. The second-order valence-corrected chi connectivity index (χ2v) is 10.9. The highest BCUT2D eigenvalue weighted by molar-refractivity contribution is 5.66. The van der Waals surface area contributed by atoms with E-state index in [4.69, 9.17) is 0 Å². The van der Waals surface area contributed by atoms with Crippen molar-refractivity contribution in [2.45, 2.75) is 90.9 Å². The van der Waals surface area contributed by atoms with E-state index in [1.807, 2.05) is 0 Å². The summed E-state index contributed by atoms with van der Waals surface area (Å²) in [4.78, 5) is 14.8. The molecule has 0 saturated carbocycles. The normalized spacial score (nSPS) is 13.0. The first-order valence-electron chi connectivity index (χ1n) is 14.9. The van der Waals surface area contributed by atoms with Gasteiger partial charge in [0.25, 0.3) is 0 Å². The maximum absolute atomic E-state index is 3.71. The first-order valence-corrected chi connectivity index (χ1v) is 14.9. The number of aromatic amines is 4. The molecule has 4 aromatic heterocycles. The zero-order chi connectivity index (χ0) is 26.2. The van der Waals surface area contributed by atoms with Crippen molar-refractivity contribution in [2.24, 2.45) is 0 Å². The fourth-order valence-corrected chi connectivity index (χ4v) is 5.66. The molecule has 5 rings (SSSR count). The molecule has 0 spiro atoms. The zero-order valence-electron chi connectivity index (χ0n) is 23.3. The topological polar surface area (TPSA) is 63.2 Å². The van der Waals surface area contributed by atoms with E-state index in [1.165, 1.54) is 97.4 Å². The van der Waals surface area contributed by atoms with Gasteiger partial charge in [-0.3, -0.25) is 0 Å². The maximum atomic E-state index is 3.71. The molecular formula is C34H44N4. The molecule has 200 valence electrons. The molecule has 0 aliphatic carbocycles. The number of H-pyrrole nitrogens is 4. The van der Waals surface area contributed by atoms with Crippen molar-refractivity contribution in [1.29, 1.82) is 0 Å². The van der Waals surface area contributed by atoms with Crippen LogP contribution in [0.4, 0.5) is 0 Å². The number of nitrogens with one attached hydrogen (secondary N) is 4. The average Bonchev–Trinajstić information content (AvgIpc) is 3.73. The lowest BCUT2D eigenvalue weighted by Crippen LogP contribution is -2.15. The summed E-state index contributed by atoms with van der Waals surface area (Å²) >= 11 is 0. The first-order chi connectivity index (χ1) is 18.7. The maximum Gasteiger partial charge on any atom is 0.0438 e. The van der Waals surface area contributed by atoms with Crippen molar-refractivity contribution < 1.29 is 0 Å². The van der Waals surface area contributed by atoms with Crippen LogP contribution in [0, 0.1) is 0 Å². The SMILES string of the molecule is CCCCCCCC1=c2ccc([nH]2)=Cc2ccc([nH]2)C(CCCCCCC)=c2ccc([nH]2)=Cc2ccc1[nH]2. The van der Waals surface area contributed by atoms with Crippen LogP contribution < -0.4 is 21.4 Å². The highest BCUT2D eigenvalue weighted by Crippen LogP contribution is 2.21. The van der Waals surface area contributed by atoms with Gasteiger partial charge in [0, 0.05) is 44.2 Å². The highest BCUT2D eigenvalue weighted by atomic mass is 14.8. The predicted octanol–water partition coefficient (Wildman–Crippen LogP) is 6.09. The van der Waals surface area contributed by atoms with Gasteiger partial charge >= 0.3 is 0 Å². The van der Waals surface area contributed by atoms with Crippen LogP contribution in [0.1, 0.15) is 114 Å². The molecule has 0 atom stereocenters. The summed E-state index contributed by atoms with van der Waals surface area (Å²) in [6, 6.07) is 17.8. The molecule has 0 radical (unpaired) electrons. The third kappa shape index (κ3) is 6.53. The molecule has 4 aromatic rings. The molecule has 1 aliphatic rings. The summed E-state index contributed by atoms with van der Waals surface area (Å²) in [5, 5.41) is 4.68. The van der Waals surface area contributed by atoms with Crippen LogP contribution in [0.5, 0.6) is 0 Å². The van der Waals surface area contributed by atoms with Gasteiger partial charge < -0.3 is 19.9 Å². The summed E-state index contributed by atoms with van der Waals surface area (Å²) in [6.45, 7) is 4.55. The van der Waals surface area contributed by atoms with Gasteiger partial charge in [-0.2, -0.15) is 0 Å². The van der Waals surface area contributed by atoms with Crippen LogP contribution in [0.25, 0.3) is 23.3 Å². The van der Waals surface area contributed by atoms with E-state index in [9.17, 15) is 0 Å². The Morgan fingerprint density at radius 3 is 1.34 bits per heavy atom. The molecule has 8 bridgehead atoms. The van der Waals surface area contributed by atoms with E-state index in [-0.39, 0.29) is 0 Å². The molecule has 0 unspecified atom stereocenters. The number of rotatable bonds is 12. The third-order valence-electron chi connectivity index (χ3n) is 7.82. The van der Waals surface area contributed by atoms with Crippen molar-refractivity contribution in [2.75, 3.05) is 0 Å². The van der Waals surface area contributed by atoms with E-state index < -0.39 is 0 Å². The molecule has 4 N–H and O–H groups in total. The second kappa shape index (κ2) is 12.9. The van der Waals surface area contributed by atoms with Gasteiger partial charge in [-0.25, -0.2) is 0 Å². The number of unbranched alkanes of at least 4 members (excludes halogenated alkanes) is 8. The summed E-state index contributed by atoms with van der Waals surface area (Å²) in [6.07, 6.45) is 19.4. The molecular weight excluding hydrogens is 464 g/mol. The quantitative estimate of drug-likeness (QED) is 0.167. The van der Waals surface area contributed by atoms with Crippen molar-refractivity contribution >= 4 is 23.3 Å². The number of hydrogen-bond donors (Lipinski definition) is 4. The second-order valence-electron chi connectivity index (χ2n) is 10.9. The number of aromatic nitrogens is 4. The molecule has 4 nitrogen and oxygen atoms in total. The van der Waals surface area contributed by atoms with Crippen LogP contribution in [-0.4, -0.2) is 19.9 Å². The van der Waals surface area contributed by atoms with E-state index in [2.05, 4.69) is 94.5 Å². The standard InChI is InChI=1S/C34H44N4/c1-3-5-7-9-11-13-29-31-19-15-25(35-31)23-27-17-21-33(37-27)30(14-12-10-8-6-4-2)34-22-18-28(38-34)24-26-16-20-32(29)36-26/h15-24,35-38H,3-14H2,1-2H3. The largest absolute Gasteiger partial charge is 0.355 e. The minimum atomic E-state index is 1.07. The van der Waals surface area contributed by atoms with Gasteiger partial charge in [-0.15, -0.1) is 0 Å². The van der Waals surface area contributed by atoms with Crippen LogP contribution in [0.3, 0.4) is 0 Å². The smallest absolute Gasteiger partial charge is 0.0438 e. The summed E-state index contributed by atoms with van der Waals surface area (Å²) < 4.78 is 0. The summed E-state index contributed by atoms with van der Waals surface area (Å²) in [7, 11) is 0. The fraction of sp³-hybridized carbons (Fsp3) is 0.412. The van der Waals surface area contributed by atoms with Crippen LogP contribution in [0.15, 0.2) is 48.5 Å². The van der Waals surface area contributed by atoms with Crippen molar-refractivity contribution in [3.05, 3.63) is 92.7 Å². The molecule has 0 aromatic carbocycles. The lowest BCUT2D eigenvalue weighted by molar-refractivity contribution is 0.639. The van der Waals surface area contributed by atoms with Gasteiger partial charge in [0.1, 0.15) is 0 Å². The zero-order valence-corrected chi connectivity index (χ0v) is 23.3. The average molecular weight is 509 g/mol. The fourth-order valence-electron chi connectivity index (χ4n) is 5.66. The van der Waals surface area contributed by atoms with Gasteiger partial charge in [0.05, 0.1) is 0 Å². The Morgan fingerprint density at radius 2 is 0.895 bits per heavy atom. The number of fused-ring (bicyclic) bond motifs is 8. The van der Waals surface area contributed by atoms with Crippen molar-refractivity contribution in [3.63, 3.8) is 0 Å². The van der Waals surface area contributed by atoms with E-state index in [1.54, 1.807) is 0 Å². The minimum absolute atomic E-state index is 1.07. The van der Waals surface area contributed by atoms with Gasteiger partial charge in [0.15, 0.2) is 0 Å². The van der Waals surface area contributed by atoms with Crippen LogP contribution in [0.2, 0.25) is 0 Å². The molecule has 5 heterocycles. The van der Waals surface area contributed by atoms with Crippen molar-refractivity contribution in [1.82, 2.24) is 19.9 Å². The lowest BCUT2D eigenvalue weighted by Gasteiger charge is -2.06. The molecule has 4 heteroatoms. The molecule has 0 fully saturated rings. The number of hydrogen-bond acceptors (Lipinski definition) is 0. The molecule has 0 amide bonds. The van der Waals surface area contributed by atoms with E-state index in [0.717, 1.165) is 34.9 Å². The Hall–Kier alpha value is -3.40. The summed E-state index contributed by atoms with van der Waals surface area (Å²) in [5.41, 5.74) is 7.41. The Balaban J connectivity index is 1.55. The minimum Gasteiger partial charge on any atom is -0.355 e. The van der Waals surface area contributed by atoms with Crippen molar-refractivity contribution in [3.8, 4) is 0 Å². The Kier molecular flexibility index (Phi) is 8.90. The molecule has 0 saturated heterocycles. The molecule has 1 aliphatic heterocycles. The monoisotopic (exact) mass is 508 g/mol. The Labute approximate surface area is 226 Å². The van der Waals surface area contributed by atoms with Gasteiger partial charge in [-0.1, -0.05) is 65.2 Å². The van der Waals surface area contributed by atoms with Gasteiger partial charge in [0.2, 0.25) is 0 Å². The highest BCUT2D eigenvalue weighted by Gasteiger charge is 2.10. The van der Waals surface area contributed by atoms with Gasteiger partial charge in [-0.05, 0) is 97.5 Å². The Morgan fingerprint density at radius 1 is 0.447 bits per heavy atom. The molecule has 38 heavy (non-hydrogen) atoms.